The second-order valence-electron chi connectivity index (χ2n) is 6.39. The van der Waals surface area contributed by atoms with Crippen LogP contribution in [-0.4, -0.2) is 41.2 Å². The molecule has 1 aromatic heterocycles. The number of nitrogens with zero attached hydrogens (tertiary/aromatic N) is 3. The van der Waals surface area contributed by atoms with Crippen molar-refractivity contribution >= 4 is 5.82 Å². The fourth-order valence-corrected chi connectivity index (χ4v) is 3.32. The Morgan fingerprint density at radius 1 is 1.00 bits per heavy atom. The summed E-state index contributed by atoms with van der Waals surface area (Å²) in [7, 11) is 0. The van der Waals surface area contributed by atoms with E-state index in [0.717, 1.165) is 62.6 Å². The molecular weight excluding hydrogens is 298 g/mol. The van der Waals surface area contributed by atoms with E-state index in [0.29, 0.717) is 5.75 Å². The summed E-state index contributed by atoms with van der Waals surface area (Å²) in [6, 6.07) is 12.6. The van der Waals surface area contributed by atoms with E-state index in [1.807, 2.05) is 13.0 Å². The first-order valence-corrected chi connectivity index (χ1v) is 8.94. The number of hydrogen-bond acceptors (Lipinski definition) is 4. The predicted octanol–water partition coefficient (Wildman–Crippen LogP) is 3.23. The van der Waals surface area contributed by atoms with Gasteiger partial charge in [-0.1, -0.05) is 44.2 Å². The third kappa shape index (κ3) is 3.70. The molecule has 0 saturated carbocycles. The van der Waals surface area contributed by atoms with Gasteiger partial charge in [0, 0.05) is 32.7 Å². The molecule has 3 rings (SSSR count). The number of aryl methyl sites for hydroxylation is 2. The lowest BCUT2D eigenvalue weighted by atomic mass is 10.1. The highest BCUT2D eigenvalue weighted by atomic mass is 16.3. The summed E-state index contributed by atoms with van der Waals surface area (Å²) in [5.74, 6) is 1.40. The van der Waals surface area contributed by atoms with Gasteiger partial charge in [0.15, 0.2) is 0 Å². The lowest BCUT2D eigenvalue weighted by molar-refractivity contribution is 0.249. The molecule has 0 bridgehead atoms. The third-order valence-corrected chi connectivity index (χ3v) is 4.77. The Hall–Kier alpha value is -2.07. The van der Waals surface area contributed by atoms with Crippen molar-refractivity contribution in [3.05, 3.63) is 53.2 Å². The van der Waals surface area contributed by atoms with Gasteiger partial charge in [-0.25, -0.2) is 4.98 Å². The molecule has 1 aliphatic rings. The number of piperazine rings is 1. The molecule has 0 atom stereocenters. The van der Waals surface area contributed by atoms with Gasteiger partial charge in [0.2, 0.25) is 0 Å². The molecule has 1 fully saturated rings. The van der Waals surface area contributed by atoms with Crippen molar-refractivity contribution < 1.29 is 5.11 Å². The Morgan fingerprint density at radius 3 is 2.33 bits per heavy atom. The molecule has 1 aliphatic heterocycles. The van der Waals surface area contributed by atoms with Crippen LogP contribution in [0.4, 0.5) is 5.82 Å². The van der Waals surface area contributed by atoms with Crippen molar-refractivity contribution in [2.45, 2.75) is 33.2 Å². The van der Waals surface area contributed by atoms with Crippen LogP contribution in [0, 0.1) is 0 Å². The molecule has 24 heavy (non-hydrogen) atoms. The van der Waals surface area contributed by atoms with Gasteiger partial charge in [-0.2, -0.15) is 0 Å². The number of aromatic hydroxyl groups is 1. The van der Waals surface area contributed by atoms with E-state index in [9.17, 15) is 5.11 Å². The van der Waals surface area contributed by atoms with Gasteiger partial charge in [0.1, 0.15) is 11.6 Å². The van der Waals surface area contributed by atoms with Crippen molar-refractivity contribution in [3.63, 3.8) is 0 Å². The van der Waals surface area contributed by atoms with Crippen LogP contribution in [0.25, 0.3) is 0 Å². The van der Waals surface area contributed by atoms with Gasteiger partial charge in [0.05, 0.1) is 5.69 Å². The Balaban J connectivity index is 1.68. The highest BCUT2D eigenvalue weighted by molar-refractivity contribution is 5.52. The Bertz CT molecular complexity index is 664. The standard InChI is InChI=1S/C20H27N3O/c1-3-17-14-19(24)18(4-2)21-20(17)23-12-10-22(11-13-23)15-16-8-6-5-7-9-16/h5-9,14,24H,3-4,10-13,15H2,1-2H3. The van der Waals surface area contributed by atoms with Gasteiger partial charge in [0.25, 0.3) is 0 Å². The summed E-state index contributed by atoms with van der Waals surface area (Å²) in [6.45, 7) is 9.23. The summed E-state index contributed by atoms with van der Waals surface area (Å²) >= 11 is 0. The van der Waals surface area contributed by atoms with Crippen LogP contribution in [0.5, 0.6) is 5.75 Å². The maximum atomic E-state index is 10.1. The van der Waals surface area contributed by atoms with E-state index >= 15 is 0 Å². The second-order valence-corrected chi connectivity index (χ2v) is 6.39. The van der Waals surface area contributed by atoms with Crippen molar-refractivity contribution in [2.75, 3.05) is 31.1 Å². The minimum Gasteiger partial charge on any atom is -0.506 e. The van der Waals surface area contributed by atoms with E-state index in [1.165, 1.54) is 5.56 Å². The van der Waals surface area contributed by atoms with E-state index < -0.39 is 0 Å². The van der Waals surface area contributed by atoms with E-state index in [1.54, 1.807) is 0 Å². The number of rotatable bonds is 5. The SMILES string of the molecule is CCc1cc(O)c(CC)nc1N1CCN(Cc2ccccc2)CC1. The van der Waals surface area contributed by atoms with Crippen molar-refractivity contribution in [2.24, 2.45) is 0 Å². The fraction of sp³-hybridized carbons (Fsp3) is 0.450. The molecular formula is C20H27N3O. The first-order valence-electron chi connectivity index (χ1n) is 8.94. The number of benzene rings is 1. The van der Waals surface area contributed by atoms with E-state index in [4.69, 9.17) is 4.98 Å². The summed E-state index contributed by atoms with van der Waals surface area (Å²) in [5, 5.41) is 10.1. The fourth-order valence-electron chi connectivity index (χ4n) is 3.32. The second kappa shape index (κ2) is 7.67. The van der Waals surface area contributed by atoms with Crippen LogP contribution in [-0.2, 0) is 19.4 Å². The molecule has 128 valence electrons. The molecule has 2 heterocycles. The maximum Gasteiger partial charge on any atom is 0.137 e. The van der Waals surface area contributed by atoms with Crippen LogP contribution in [0.2, 0.25) is 0 Å². The number of hydrogen-bond donors (Lipinski definition) is 1. The average molecular weight is 325 g/mol. The van der Waals surface area contributed by atoms with E-state index in [2.05, 4.69) is 47.1 Å². The molecule has 2 aromatic rings. The Labute approximate surface area is 144 Å². The number of anilines is 1. The lowest BCUT2D eigenvalue weighted by Crippen LogP contribution is -2.46. The smallest absolute Gasteiger partial charge is 0.137 e. The zero-order chi connectivity index (χ0) is 16.9. The molecule has 0 spiro atoms. The molecule has 1 saturated heterocycles. The number of aromatic nitrogens is 1. The zero-order valence-electron chi connectivity index (χ0n) is 14.7. The molecule has 0 aliphatic carbocycles. The third-order valence-electron chi connectivity index (χ3n) is 4.77. The summed E-state index contributed by atoms with van der Waals surface area (Å²) in [6.07, 6.45) is 1.65. The van der Waals surface area contributed by atoms with Gasteiger partial charge < -0.3 is 10.0 Å². The van der Waals surface area contributed by atoms with Gasteiger partial charge in [-0.05, 0) is 30.0 Å². The van der Waals surface area contributed by atoms with Crippen molar-refractivity contribution in [1.82, 2.24) is 9.88 Å². The molecule has 4 heteroatoms. The molecule has 0 radical (unpaired) electrons. The maximum absolute atomic E-state index is 10.1. The minimum absolute atomic E-state index is 0.334. The molecule has 1 N–H and O–H groups in total. The van der Waals surface area contributed by atoms with Crippen LogP contribution in [0.1, 0.15) is 30.7 Å². The number of pyridine rings is 1. The largest absolute Gasteiger partial charge is 0.506 e. The molecule has 1 aromatic carbocycles. The van der Waals surface area contributed by atoms with Crippen molar-refractivity contribution in [3.8, 4) is 5.75 Å². The highest BCUT2D eigenvalue weighted by Gasteiger charge is 2.21. The highest BCUT2D eigenvalue weighted by Crippen LogP contribution is 2.27. The first kappa shape index (κ1) is 16.8. The van der Waals surface area contributed by atoms with Gasteiger partial charge >= 0.3 is 0 Å². The van der Waals surface area contributed by atoms with Gasteiger partial charge in [-0.3, -0.25) is 4.90 Å². The topological polar surface area (TPSA) is 39.6 Å². The Morgan fingerprint density at radius 2 is 1.71 bits per heavy atom. The summed E-state index contributed by atoms with van der Waals surface area (Å²) in [4.78, 5) is 9.62. The zero-order valence-corrected chi connectivity index (χ0v) is 14.7. The van der Waals surface area contributed by atoms with Crippen LogP contribution in [0.3, 0.4) is 0 Å². The van der Waals surface area contributed by atoms with Crippen LogP contribution >= 0.6 is 0 Å². The monoisotopic (exact) mass is 325 g/mol. The molecule has 0 amide bonds. The van der Waals surface area contributed by atoms with E-state index in [-0.39, 0.29) is 0 Å². The average Bonchev–Trinajstić information content (AvgIpc) is 2.63. The quantitative estimate of drug-likeness (QED) is 0.916. The molecule has 4 nitrogen and oxygen atoms in total. The van der Waals surface area contributed by atoms with Crippen LogP contribution < -0.4 is 4.90 Å². The first-order chi connectivity index (χ1) is 11.7. The molecule has 0 unspecified atom stereocenters. The Kier molecular flexibility index (Phi) is 5.36. The summed E-state index contributed by atoms with van der Waals surface area (Å²) in [5.41, 5.74) is 3.31. The normalized spacial score (nSPS) is 15.7. The predicted molar refractivity (Wildman–Crippen MR) is 98.6 cm³/mol. The van der Waals surface area contributed by atoms with Crippen LogP contribution in [0.15, 0.2) is 36.4 Å². The minimum atomic E-state index is 0.334. The van der Waals surface area contributed by atoms with Gasteiger partial charge in [-0.15, -0.1) is 0 Å². The summed E-state index contributed by atoms with van der Waals surface area (Å²) < 4.78 is 0. The lowest BCUT2D eigenvalue weighted by Gasteiger charge is -2.36. The van der Waals surface area contributed by atoms with Crippen molar-refractivity contribution in [1.29, 1.82) is 0 Å².